The number of aryl methyl sites for hydroxylation is 2. The maximum absolute atomic E-state index is 10.8. The van der Waals surface area contributed by atoms with Gasteiger partial charge in [0.15, 0.2) is 0 Å². The predicted molar refractivity (Wildman–Crippen MR) is 75.3 cm³/mol. The second kappa shape index (κ2) is 5.45. The van der Waals surface area contributed by atoms with Crippen LogP contribution in [0.4, 0.5) is 11.4 Å². The Morgan fingerprint density at radius 2 is 2.20 bits per heavy atom. The topological polar surface area (TPSA) is 83.9 Å². The van der Waals surface area contributed by atoms with Crippen molar-refractivity contribution in [2.75, 3.05) is 5.32 Å². The molecule has 0 radical (unpaired) electrons. The molecular weight excluding hydrogens is 256 g/mol. The van der Waals surface area contributed by atoms with Crippen LogP contribution in [0.5, 0.6) is 0 Å². The van der Waals surface area contributed by atoms with E-state index >= 15 is 0 Å². The van der Waals surface area contributed by atoms with Crippen LogP contribution in [-0.2, 0) is 13.6 Å². The first-order valence-electron chi connectivity index (χ1n) is 6.05. The van der Waals surface area contributed by atoms with Crippen molar-refractivity contribution in [3.63, 3.8) is 0 Å². The lowest BCUT2D eigenvalue weighted by atomic mass is 10.1. The number of nitrogens with zero attached hydrogens (tertiary/aromatic N) is 3. The highest BCUT2D eigenvalue weighted by Gasteiger charge is 2.09. The van der Waals surface area contributed by atoms with Crippen molar-refractivity contribution in [3.8, 4) is 6.07 Å². The average Bonchev–Trinajstić information content (AvgIpc) is 2.78. The zero-order valence-electron chi connectivity index (χ0n) is 11.3. The molecule has 102 valence electrons. The van der Waals surface area contributed by atoms with Crippen molar-refractivity contribution in [3.05, 3.63) is 57.4 Å². The molecule has 6 heteroatoms. The molecule has 0 unspecified atom stereocenters. The Balaban J connectivity index is 2.16. The molecule has 2 rings (SSSR count). The van der Waals surface area contributed by atoms with Crippen LogP contribution in [0.1, 0.15) is 16.8 Å². The number of nitriles is 1. The number of hydrogen-bond acceptors (Lipinski definition) is 4. The third kappa shape index (κ3) is 2.78. The molecule has 0 amide bonds. The van der Waals surface area contributed by atoms with Gasteiger partial charge in [0.1, 0.15) is 11.8 Å². The third-order valence-electron chi connectivity index (χ3n) is 3.09. The SMILES string of the molecule is Cc1ccc([N+](=O)[O-])cc1NCc1cc(C#N)n(C)c1. The fourth-order valence-corrected chi connectivity index (χ4v) is 1.95. The van der Waals surface area contributed by atoms with E-state index in [9.17, 15) is 10.1 Å². The monoisotopic (exact) mass is 270 g/mol. The van der Waals surface area contributed by atoms with Crippen molar-refractivity contribution >= 4 is 11.4 Å². The first-order chi connectivity index (χ1) is 9.51. The zero-order valence-corrected chi connectivity index (χ0v) is 11.3. The van der Waals surface area contributed by atoms with Crippen molar-refractivity contribution < 1.29 is 4.92 Å². The molecule has 1 heterocycles. The Hall–Kier alpha value is -2.81. The number of nitrogens with one attached hydrogen (secondary N) is 1. The molecule has 0 saturated carbocycles. The summed E-state index contributed by atoms with van der Waals surface area (Å²) in [4.78, 5) is 10.3. The Bertz CT molecular complexity index is 698. The summed E-state index contributed by atoms with van der Waals surface area (Å²) in [6.07, 6.45) is 1.86. The second-order valence-corrected chi connectivity index (χ2v) is 4.57. The van der Waals surface area contributed by atoms with Crippen LogP contribution in [0.2, 0.25) is 0 Å². The van der Waals surface area contributed by atoms with Gasteiger partial charge in [0.2, 0.25) is 0 Å². The van der Waals surface area contributed by atoms with Gasteiger partial charge in [-0.15, -0.1) is 0 Å². The van der Waals surface area contributed by atoms with E-state index in [1.807, 2.05) is 13.1 Å². The summed E-state index contributed by atoms with van der Waals surface area (Å²) in [7, 11) is 1.81. The van der Waals surface area contributed by atoms with E-state index < -0.39 is 4.92 Å². The molecule has 0 aliphatic rings. The second-order valence-electron chi connectivity index (χ2n) is 4.57. The van der Waals surface area contributed by atoms with Gasteiger partial charge in [0.25, 0.3) is 5.69 Å². The van der Waals surface area contributed by atoms with Gasteiger partial charge >= 0.3 is 0 Å². The molecule has 0 saturated heterocycles. The molecule has 6 nitrogen and oxygen atoms in total. The fourth-order valence-electron chi connectivity index (χ4n) is 1.95. The summed E-state index contributed by atoms with van der Waals surface area (Å²) < 4.78 is 1.75. The van der Waals surface area contributed by atoms with Crippen LogP contribution in [0.25, 0.3) is 0 Å². The average molecular weight is 270 g/mol. The molecule has 0 aliphatic heterocycles. The van der Waals surface area contributed by atoms with Crippen molar-refractivity contribution in [1.29, 1.82) is 5.26 Å². The molecule has 0 atom stereocenters. The van der Waals surface area contributed by atoms with Crippen molar-refractivity contribution in [1.82, 2.24) is 4.57 Å². The summed E-state index contributed by atoms with van der Waals surface area (Å²) >= 11 is 0. The molecule has 0 fully saturated rings. The lowest BCUT2D eigenvalue weighted by Crippen LogP contribution is -2.01. The zero-order chi connectivity index (χ0) is 14.7. The molecule has 0 bridgehead atoms. The highest BCUT2D eigenvalue weighted by Crippen LogP contribution is 2.22. The van der Waals surface area contributed by atoms with Gasteiger partial charge < -0.3 is 9.88 Å². The molecule has 1 aromatic carbocycles. The summed E-state index contributed by atoms with van der Waals surface area (Å²) in [5.41, 5.74) is 3.25. The Morgan fingerprint density at radius 3 is 2.80 bits per heavy atom. The van der Waals surface area contributed by atoms with Gasteiger partial charge in [-0.2, -0.15) is 5.26 Å². The number of anilines is 1. The summed E-state index contributed by atoms with van der Waals surface area (Å²) in [6, 6.07) is 8.60. The van der Waals surface area contributed by atoms with Crippen LogP contribution < -0.4 is 5.32 Å². The van der Waals surface area contributed by atoms with E-state index in [0.717, 1.165) is 16.8 Å². The van der Waals surface area contributed by atoms with Gasteiger partial charge in [-0.25, -0.2) is 0 Å². The Kier molecular flexibility index (Phi) is 3.71. The van der Waals surface area contributed by atoms with E-state index in [2.05, 4.69) is 11.4 Å². The highest BCUT2D eigenvalue weighted by atomic mass is 16.6. The molecule has 20 heavy (non-hydrogen) atoms. The largest absolute Gasteiger partial charge is 0.380 e. The maximum atomic E-state index is 10.8. The number of hydrogen-bond donors (Lipinski definition) is 1. The van der Waals surface area contributed by atoms with E-state index in [1.54, 1.807) is 23.7 Å². The first kappa shape index (κ1) is 13.6. The van der Waals surface area contributed by atoms with Crippen LogP contribution in [0.15, 0.2) is 30.5 Å². The van der Waals surface area contributed by atoms with Gasteiger partial charge in [0.05, 0.1) is 4.92 Å². The van der Waals surface area contributed by atoms with E-state index in [-0.39, 0.29) is 5.69 Å². The minimum absolute atomic E-state index is 0.0591. The fraction of sp³-hybridized carbons (Fsp3) is 0.214. The lowest BCUT2D eigenvalue weighted by Gasteiger charge is -2.08. The van der Waals surface area contributed by atoms with E-state index in [0.29, 0.717) is 12.2 Å². The maximum Gasteiger partial charge on any atom is 0.271 e. The molecule has 0 spiro atoms. The van der Waals surface area contributed by atoms with E-state index in [1.165, 1.54) is 12.1 Å². The predicted octanol–water partition coefficient (Wildman–Crippen LogP) is 2.73. The summed E-state index contributed by atoms with van der Waals surface area (Å²) in [5.74, 6) is 0. The highest BCUT2D eigenvalue weighted by molar-refractivity contribution is 5.57. The third-order valence-corrected chi connectivity index (χ3v) is 3.09. The minimum atomic E-state index is -0.416. The van der Waals surface area contributed by atoms with Crippen LogP contribution in [-0.4, -0.2) is 9.49 Å². The Labute approximate surface area is 116 Å². The van der Waals surface area contributed by atoms with E-state index in [4.69, 9.17) is 5.26 Å². The lowest BCUT2D eigenvalue weighted by molar-refractivity contribution is -0.384. The quantitative estimate of drug-likeness (QED) is 0.683. The summed E-state index contributed by atoms with van der Waals surface area (Å²) in [6.45, 7) is 2.40. The molecular formula is C14H14N4O2. The minimum Gasteiger partial charge on any atom is -0.380 e. The van der Waals surface area contributed by atoms with Gasteiger partial charge in [-0.05, 0) is 24.1 Å². The number of benzene rings is 1. The molecule has 2 aromatic rings. The van der Waals surface area contributed by atoms with Gasteiger partial charge in [-0.1, -0.05) is 6.07 Å². The van der Waals surface area contributed by atoms with Crippen molar-refractivity contribution in [2.45, 2.75) is 13.5 Å². The number of non-ortho nitro benzene ring substituents is 1. The van der Waals surface area contributed by atoms with Crippen LogP contribution >= 0.6 is 0 Å². The van der Waals surface area contributed by atoms with Crippen LogP contribution in [0, 0.1) is 28.4 Å². The van der Waals surface area contributed by atoms with Gasteiger partial charge in [0, 0.05) is 37.6 Å². The molecule has 0 aliphatic carbocycles. The van der Waals surface area contributed by atoms with Crippen LogP contribution in [0.3, 0.4) is 0 Å². The summed E-state index contributed by atoms with van der Waals surface area (Å²) in [5, 5.41) is 22.8. The molecule has 1 aromatic heterocycles. The normalized spacial score (nSPS) is 10.1. The molecule has 1 N–H and O–H groups in total. The number of rotatable bonds is 4. The number of aromatic nitrogens is 1. The first-order valence-corrected chi connectivity index (χ1v) is 6.05. The van der Waals surface area contributed by atoms with Crippen molar-refractivity contribution in [2.24, 2.45) is 7.05 Å². The number of nitro groups is 1. The van der Waals surface area contributed by atoms with Gasteiger partial charge in [-0.3, -0.25) is 10.1 Å². The number of nitro benzene ring substituents is 1. The smallest absolute Gasteiger partial charge is 0.271 e. The Morgan fingerprint density at radius 1 is 1.45 bits per heavy atom. The standard InChI is InChI=1S/C14H14N4O2/c1-10-3-4-12(18(19)20)6-14(10)16-8-11-5-13(7-15)17(2)9-11/h3-6,9,16H,8H2,1-2H3.